The van der Waals surface area contributed by atoms with E-state index in [1.54, 1.807) is 6.07 Å². The highest BCUT2D eigenvalue weighted by Crippen LogP contribution is 2.20. The summed E-state index contributed by atoms with van der Waals surface area (Å²) in [5.74, 6) is 0.679. The van der Waals surface area contributed by atoms with Gasteiger partial charge in [0.25, 0.3) is 5.91 Å². The Hall–Kier alpha value is -1.66. The van der Waals surface area contributed by atoms with Crippen LogP contribution < -0.4 is 5.56 Å². The molecule has 120 valence electrons. The molecule has 0 saturated carbocycles. The number of morpholine rings is 1. The van der Waals surface area contributed by atoms with Crippen molar-refractivity contribution in [2.45, 2.75) is 12.8 Å². The average Bonchev–Trinajstić information content (AvgIpc) is 2.57. The van der Waals surface area contributed by atoms with Crippen LogP contribution in [0.5, 0.6) is 0 Å². The van der Waals surface area contributed by atoms with Crippen molar-refractivity contribution in [3.63, 3.8) is 0 Å². The molecule has 1 N–H and O–H groups in total. The Bertz CT molecular complexity index is 538. The Kier molecular flexibility index (Phi) is 4.90. The molecule has 2 saturated heterocycles. The minimum Gasteiger partial charge on any atom is -0.379 e. The molecule has 2 fully saturated rings. The summed E-state index contributed by atoms with van der Waals surface area (Å²) in [6.45, 7) is 6.43. The lowest BCUT2D eigenvalue weighted by Crippen LogP contribution is -2.44. The normalized spacial score (nSPS) is 21.0. The number of piperidine rings is 1. The van der Waals surface area contributed by atoms with Gasteiger partial charge in [0.1, 0.15) is 0 Å². The third-order valence-electron chi connectivity index (χ3n) is 4.55. The van der Waals surface area contributed by atoms with Crippen LogP contribution in [0.3, 0.4) is 0 Å². The van der Waals surface area contributed by atoms with Crippen LogP contribution in [0.25, 0.3) is 0 Å². The minimum absolute atomic E-state index is 0.0149. The van der Waals surface area contributed by atoms with Gasteiger partial charge in [-0.1, -0.05) is 0 Å². The number of hydrogen-bond acceptors (Lipinski definition) is 4. The van der Waals surface area contributed by atoms with Gasteiger partial charge in [-0.3, -0.25) is 14.5 Å². The zero-order valence-electron chi connectivity index (χ0n) is 12.8. The van der Waals surface area contributed by atoms with Crippen LogP contribution in [0.2, 0.25) is 0 Å². The van der Waals surface area contributed by atoms with Crippen molar-refractivity contribution >= 4 is 5.91 Å². The molecule has 0 radical (unpaired) electrons. The Labute approximate surface area is 130 Å². The van der Waals surface area contributed by atoms with Gasteiger partial charge in [0, 0.05) is 45.0 Å². The predicted octanol–water partition coefficient (Wildman–Crippen LogP) is 0.559. The quantitative estimate of drug-likeness (QED) is 0.886. The molecule has 0 unspecified atom stereocenters. The van der Waals surface area contributed by atoms with Crippen LogP contribution in [-0.2, 0) is 4.74 Å². The predicted molar refractivity (Wildman–Crippen MR) is 82.9 cm³/mol. The summed E-state index contributed by atoms with van der Waals surface area (Å²) in [6.07, 6.45) is 3.60. The molecule has 6 heteroatoms. The van der Waals surface area contributed by atoms with Crippen molar-refractivity contribution in [2.24, 2.45) is 5.92 Å². The molecule has 0 aromatic carbocycles. The summed E-state index contributed by atoms with van der Waals surface area (Å²) >= 11 is 0. The topological polar surface area (TPSA) is 65.6 Å². The Morgan fingerprint density at radius 3 is 2.55 bits per heavy atom. The highest BCUT2D eigenvalue weighted by Gasteiger charge is 2.25. The number of rotatable bonds is 3. The summed E-state index contributed by atoms with van der Waals surface area (Å²) in [6, 6.07) is 3.00. The van der Waals surface area contributed by atoms with E-state index in [2.05, 4.69) is 9.88 Å². The Morgan fingerprint density at radius 1 is 1.18 bits per heavy atom. The van der Waals surface area contributed by atoms with E-state index in [9.17, 15) is 9.59 Å². The molecule has 0 atom stereocenters. The molecule has 1 aromatic heterocycles. The van der Waals surface area contributed by atoms with Crippen molar-refractivity contribution in [2.75, 3.05) is 45.9 Å². The number of ether oxygens (including phenoxy) is 1. The van der Waals surface area contributed by atoms with E-state index in [1.807, 2.05) is 4.90 Å². The molecule has 1 amide bonds. The Morgan fingerprint density at radius 2 is 1.91 bits per heavy atom. The van der Waals surface area contributed by atoms with Crippen LogP contribution in [0.1, 0.15) is 23.2 Å². The molecule has 6 nitrogen and oxygen atoms in total. The fraction of sp³-hybridized carbons (Fsp3) is 0.625. The van der Waals surface area contributed by atoms with Crippen LogP contribution in [0.4, 0.5) is 0 Å². The molecule has 0 spiro atoms. The highest BCUT2D eigenvalue weighted by molar-refractivity contribution is 5.93. The average molecular weight is 305 g/mol. The fourth-order valence-electron chi connectivity index (χ4n) is 3.19. The van der Waals surface area contributed by atoms with Gasteiger partial charge in [0.15, 0.2) is 0 Å². The van der Waals surface area contributed by atoms with E-state index in [1.165, 1.54) is 12.3 Å². The summed E-state index contributed by atoms with van der Waals surface area (Å²) in [7, 11) is 0. The molecule has 2 aliphatic heterocycles. The van der Waals surface area contributed by atoms with Gasteiger partial charge in [-0.25, -0.2) is 0 Å². The molecular weight excluding hydrogens is 282 g/mol. The number of carbonyl (C=O) groups is 1. The summed E-state index contributed by atoms with van der Waals surface area (Å²) in [4.78, 5) is 30.4. The number of aromatic amines is 1. The van der Waals surface area contributed by atoms with Crippen LogP contribution >= 0.6 is 0 Å². The van der Waals surface area contributed by atoms with E-state index in [-0.39, 0.29) is 11.5 Å². The van der Waals surface area contributed by atoms with E-state index in [0.717, 1.165) is 58.8 Å². The van der Waals surface area contributed by atoms with E-state index < -0.39 is 0 Å². The number of carbonyl (C=O) groups excluding carboxylic acids is 1. The maximum absolute atomic E-state index is 12.4. The Balaban J connectivity index is 1.49. The lowest BCUT2D eigenvalue weighted by molar-refractivity contribution is 0.0243. The molecule has 22 heavy (non-hydrogen) atoms. The molecule has 1 aromatic rings. The van der Waals surface area contributed by atoms with Crippen LogP contribution in [-0.4, -0.2) is 66.6 Å². The highest BCUT2D eigenvalue weighted by atomic mass is 16.5. The number of nitrogens with zero attached hydrogens (tertiary/aromatic N) is 2. The smallest absolute Gasteiger partial charge is 0.255 e. The number of likely N-dealkylation sites (tertiary alicyclic amines) is 1. The summed E-state index contributed by atoms with van der Waals surface area (Å²) in [5.41, 5.74) is 0.381. The second kappa shape index (κ2) is 7.07. The minimum atomic E-state index is -0.180. The van der Waals surface area contributed by atoms with Gasteiger partial charge >= 0.3 is 0 Å². The molecule has 2 aliphatic rings. The molecular formula is C16H23N3O3. The molecule has 0 bridgehead atoms. The SMILES string of the molecule is O=C(c1ccc(=O)[nH]c1)N1CCC(CN2CCOCC2)CC1. The number of hydrogen-bond donors (Lipinski definition) is 1. The maximum Gasteiger partial charge on any atom is 0.255 e. The van der Waals surface area contributed by atoms with Crippen molar-refractivity contribution in [3.8, 4) is 0 Å². The van der Waals surface area contributed by atoms with Crippen LogP contribution in [0, 0.1) is 5.92 Å². The first kappa shape index (κ1) is 15.2. The number of nitrogens with one attached hydrogen (secondary N) is 1. The molecule has 3 heterocycles. The first-order valence-electron chi connectivity index (χ1n) is 8.00. The fourth-order valence-corrected chi connectivity index (χ4v) is 3.19. The third-order valence-corrected chi connectivity index (χ3v) is 4.55. The summed E-state index contributed by atoms with van der Waals surface area (Å²) < 4.78 is 5.38. The van der Waals surface area contributed by atoms with Crippen molar-refractivity contribution in [1.29, 1.82) is 0 Å². The van der Waals surface area contributed by atoms with Gasteiger partial charge in [0.2, 0.25) is 5.56 Å². The third kappa shape index (κ3) is 3.75. The van der Waals surface area contributed by atoms with Gasteiger partial charge in [-0.05, 0) is 24.8 Å². The second-order valence-corrected chi connectivity index (χ2v) is 6.09. The maximum atomic E-state index is 12.4. The first-order valence-corrected chi connectivity index (χ1v) is 8.00. The van der Waals surface area contributed by atoms with Gasteiger partial charge in [-0.2, -0.15) is 0 Å². The number of H-pyrrole nitrogens is 1. The first-order chi connectivity index (χ1) is 10.7. The second-order valence-electron chi connectivity index (χ2n) is 6.09. The number of amides is 1. The van der Waals surface area contributed by atoms with E-state index in [0.29, 0.717) is 11.5 Å². The molecule has 3 rings (SSSR count). The van der Waals surface area contributed by atoms with Gasteiger partial charge < -0.3 is 14.6 Å². The largest absolute Gasteiger partial charge is 0.379 e. The van der Waals surface area contributed by atoms with Gasteiger partial charge in [0.05, 0.1) is 18.8 Å². The molecule has 0 aliphatic carbocycles. The van der Waals surface area contributed by atoms with Crippen molar-refractivity contribution in [3.05, 3.63) is 34.2 Å². The van der Waals surface area contributed by atoms with Crippen LogP contribution in [0.15, 0.2) is 23.1 Å². The van der Waals surface area contributed by atoms with Crippen molar-refractivity contribution < 1.29 is 9.53 Å². The van der Waals surface area contributed by atoms with E-state index in [4.69, 9.17) is 4.74 Å². The number of aromatic nitrogens is 1. The summed E-state index contributed by atoms with van der Waals surface area (Å²) in [5, 5.41) is 0. The van der Waals surface area contributed by atoms with Gasteiger partial charge in [-0.15, -0.1) is 0 Å². The lowest BCUT2D eigenvalue weighted by atomic mass is 9.95. The standard InChI is InChI=1S/C16H23N3O3/c20-15-2-1-14(11-17-15)16(21)19-5-3-13(4-6-19)12-18-7-9-22-10-8-18/h1-2,11,13H,3-10,12H2,(H,17,20). The van der Waals surface area contributed by atoms with Crippen molar-refractivity contribution in [1.82, 2.24) is 14.8 Å². The zero-order valence-corrected chi connectivity index (χ0v) is 12.8. The number of pyridine rings is 1. The lowest BCUT2D eigenvalue weighted by Gasteiger charge is -2.36. The monoisotopic (exact) mass is 305 g/mol. The zero-order chi connectivity index (χ0) is 15.4. The van der Waals surface area contributed by atoms with E-state index >= 15 is 0 Å².